The van der Waals surface area contributed by atoms with Gasteiger partial charge >= 0.3 is 0 Å². The first-order valence-electron chi connectivity index (χ1n) is 6.94. The van der Waals surface area contributed by atoms with Gasteiger partial charge in [-0.2, -0.15) is 0 Å². The van der Waals surface area contributed by atoms with Crippen LogP contribution < -0.4 is 0 Å². The first-order chi connectivity index (χ1) is 10.5. The molecule has 0 aliphatic carbocycles. The van der Waals surface area contributed by atoms with Gasteiger partial charge in [0.1, 0.15) is 0 Å². The maximum Gasteiger partial charge on any atom is 0.0563 e. The van der Waals surface area contributed by atoms with Gasteiger partial charge in [-0.1, -0.05) is 52.1 Å². The van der Waals surface area contributed by atoms with Gasteiger partial charge in [0.2, 0.25) is 0 Å². The van der Waals surface area contributed by atoms with E-state index in [0.29, 0.717) is 17.0 Å². The summed E-state index contributed by atoms with van der Waals surface area (Å²) in [4.78, 5) is 4.21. The third-order valence-electron chi connectivity index (χ3n) is 3.76. The molecule has 0 spiro atoms. The van der Waals surface area contributed by atoms with Gasteiger partial charge in [-0.15, -0.1) is 6.07 Å². The topological polar surface area (TPSA) is 17.8 Å². The summed E-state index contributed by atoms with van der Waals surface area (Å²) >= 11 is 0. The maximum absolute atomic E-state index is 14.6. The minimum atomic E-state index is -0.731. The number of aromatic nitrogens is 2. The van der Waals surface area contributed by atoms with Crippen LogP contribution in [0, 0.1) is 31.5 Å². The molecule has 0 atom stereocenters. The largest absolute Gasteiger partial charge is 0.373 e. The first kappa shape index (κ1) is 17.5. The number of imidazole rings is 1. The minimum absolute atomic E-state index is 0. The van der Waals surface area contributed by atoms with Crippen LogP contribution in [0.4, 0.5) is 8.78 Å². The zero-order valence-corrected chi connectivity index (χ0v) is 15.3. The Bertz CT molecular complexity index is 836. The van der Waals surface area contributed by atoms with Crippen LogP contribution in [0.5, 0.6) is 0 Å². The van der Waals surface area contributed by atoms with Gasteiger partial charge in [0.25, 0.3) is 0 Å². The fourth-order valence-corrected chi connectivity index (χ4v) is 2.75. The molecule has 0 N–H and O–H groups in total. The van der Waals surface area contributed by atoms with Crippen molar-refractivity contribution in [2.45, 2.75) is 13.8 Å². The molecule has 1 radical (unpaired) electrons. The van der Waals surface area contributed by atoms with Gasteiger partial charge in [-0.25, -0.2) is 8.78 Å². The molecule has 1 heterocycles. The van der Waals surface area contributed by atoms with Gasteiger partial charge in [0.15, 0.2) is 0 Å². The van der Waals surface area contributed by atoms with E-state index in [1.54, 1.807) is 24.0 Å². The molecule has 0 unspecified atom stereocenters. The Labute approximate surface area is 147 Å². The number of halogens is 2. The summed E-state index contributed by atoms with van der Waals surface area (Å²) in [6.45, 7) is 3.82. The number of hydrogen-bond acceptors (Lipinski definition) is 1. The molecule has 0 amide bonds. The van der Waals surface area contributed by atoms with Crippen LogP contribution >= 0.6 is 0 Å². The molecule has 1 aromatic heterocycles. The summed E-state index contributed by atoms with van der Waals surface area (Å²) in [5.41, 5.74) is 3.28. The van der Waals surface area contributed by atoms with Crippen molar-refractivity contribution in [1.82, 2.24) is 9.55 Å². The van der Waals surface area contributed by atoms with E-state index in [1.165, 1.54) is 0 Å². The second kappa shape index (κ2) is 6.73. The summed E-state index contributed by atoms with van der Waals surface area (Å²) in [6, 6.07) is 9.23. The van der Waals surface area contributed by atoms with Crippen molar-refractivity contribution in [3.63, 3.8) is 0 Å². The summed E-state index contributed by atoms with van der Waals surface area (Å²) in [7, 11) is 1.79. The Morgan fingerprint density at radius 1 is 1.09 bits per heavy atom. The van der Waals surface area contributed by atoms with E-state index < -0.39 is 11.6 Å². The van der Waals surface area contributed by atoms with Crippen LogP contribution in [-0.4, -0.2) is 9.55 Å². The second-order valence-electron chi connectivity index (χ2n) is 5.34. The van der Waals surface area contributed by atoms with E-state index in [-0.39, 0.29) is 20.1 Å². The quantitative estimate of drug-likeness (QED) is 0.487. The molecule has 2 aromatic carbocycles. The SMILES string of the molecule is Cc1cccc(C)c1-c1c(-c2nccn2C)[c-]c(F)cc1F.[Ir]. The van der Waals surface area contributed by atoms with Crippen molar-refractivity contribution in [3.05, 3.63) is 65.5 Å². The number of nitrogens with zero attached hydrogens (tertiary/aromatic N) is 2. The minimum Gasteiger partial charge on any atom is -0.373 e. The molecule has 5 heteroatoms. The monoisotopic (exact) mass is 490 g/mol. The number of aryl methyl sites for hydroxylation is 3. The van der Waals surface area contributed by atoms with E-state index in [1.807, 2.05) is 32.0 Å². The average molecular weight is 490 g/mol. The smallest absolute Gasteiger partial charge is 0.0563 e. The van der Waals surface area contributed by atoms with Gasteiger partial charge in [-0.3, -0.25) is 4.98 Å². The maximum atomic E-state index is 14.6. The van der Waals surface area contributed by atoms with E-state index in [2.05, 4.69) is 11.1 Å². The molecular formula is C18H15F2IrN2-. The van der Waals surface area contributed by atoms with Gasteiger partial charge in [0.05, 0.1) is 11.6 Å². The van der Waals surface area contributed by atoms with Gasteiger partial charge in [0, 0.05) is 45.4 Å². The molecule has 3 rings (SSSR count). The molecule has 0 aliphatic rings. The molecule has 0 saturated carbocycles. The third kappa shape index (κ3) is 3.12. The normalized spacial score (nSPS) is 10.5. The van der Waals surface area contributed by atoms with Crippen LogP contribution in [0.15, 0.2) is 36.7 Å². The van der Waals surface area contributed by atoms with Crippen LogP contribution in [0.1, 0.15) is 11.1 Å². The van der Waals surface area contributed by atoms with Crippen molar-refractivity contribution < 1.29 is 28.9 Å². The number of benzene rings is 2. The summed E-state index contributed by atoms with van der Waals surface area (Å²) < 4.78 is 30.0. The fourth-order valence-electron chi connectivity index (χ4n) is 2.75. The van der Waals surface area contributed by atoms with Crippen LogP contribution in [-0.2, 0) is 27.2 Å². The first-order valence-corrected chi connectivity index (χ1v) is 6.94. The summed E-state index contributed by atoms with van der Waals surface area (Å²) in [5, 5.41) is 0. The Hall–Kier alpha value is -1.84. The molecule has 23 heavy (non-hydrogen) atoms. The fraction of sp³-hybridized carbons (Fsp3) is 0.167. The molecule has 2 nitrogen and oxygen atoms in total. The van der Waals surface area contributed by atoms with Crippen LogP contribution in [0.3, 0.4) is 0 Å². The van der Waals surface area contributed by atoms with Gasteiger partial charge < -0.3 is 4.57 Å². The van der Waals surface area contributed by atoms with Gasteiger partial charge in [-0.05, 0) is 13.8 Å². The van der Waals surface area contributed by atoms with E-state index in [0.717, 1.165) is 22.8 Å². The Balaban J connectivity index is 0.00000192. The Morgan fingerprint density at radius 3 is 2.30 bits per heavy atom. The number of hydrogen-bond donors (Lipinski definition) is 0. The summed E-state index contributed by atoms with van der Waals surface area (Å²) in [6.07, 6.45) is 3.33. The molecule has 3 aromatic rings. The van der Waals surface area contributed by atoms with Crippen molar-refractivity contribution in [1.29, 1.82) is 0 Å². The Kier molecular flexibility index (Phi) is 5.12. The van der Waals surface area contributed by atoms with Crippen molar-refractivity contribution in [2.75, 3.05) is 0 Å². The second-order valence-corrected chi connectivity index (χ2v) is 5.34. The van der Waals surface area contributed by atoms with Crippen molar-refractivity contribution in [2.24, 2.45) is 7.05 Å². The molecule has 0 aliphatic heterocycles. The van der Waals surface area contributed by atoms with Crippen LogP contribution in [0.2, 0.25) is 0 Å². The molecular weight excluding hydrogens is 474 g/mol. The zero-order chi connectivity index (χ0) is 15.9. The summed E-state index contributed by atoms with van der Waals surface area (Å²) in [5.74, 6) is -0.854. The third-order valence-corrected chi connectivity index (χ3v) is 3.76. The van der Waals surface area contributed by atoms with E-state index in [4.69, 9.17) is 0 Å². The van der Waals surface area contributed by atoms with E-state index in [9.17, 15) is 8.78 Å². The average Bonchev–Trinajstić information content (AvgIpc) is 2.86. The Morgan fingerprint density at radius 2 is 1.74 bits per heavy atom. The molecule has 0 fully saturated rings. The molecule has 0 bridgehead atoms. The standard InChI is InChI=1S/C18H15F2N2.Ir/c1-11-5-4-6-12(2)16(11)17-14(9-13(19)10-15(17)20)18-21-7-8-22(18)3;/h4-8,10H,1-3H3;/q-1;. The van der Waals surface area contributed by atoms with Crippen LogP contribution in [0.25, 0.3) is 22.5 Å². The number of rotatable bonds is 2. The zero-order valence-electron chi connectivity index (χ0n) is 12.9. The van der Waals surface area contributed by atoms with E-state index >= 15 is 0 Å². The van der Waals surface area contributed by atoms with Crippen molar-refractivity contribution >= 4 is 0 Å². The predicted octanol–water partition coefficient (Wildman–Crippen LogP) is 4.45. The molecule has 0 saturated heterocycles. The predicted molar refractivity (Wildman–Crippen MR) is 82.3 cm³/mol. The van der Waals surface area contributed by atoms with Crippen molar-refractivity contribution in [3.8, 4) is 22.5 Å². The molecule has 121 valence electrons.